The van der Waals surface area contributed by atoms with Crippen LogP contribution in [0.15, 0.2) is 24.4 Å². The van der Waals surface area contributed by atoms with E-state index in [2.05, 4.69) is 17.2 Å². The number of nitrogens with zero attached hydrogens (tertiary/aromatic N) is 1. The molecule has 0 aliphatic carbocycles. The molecular weight excluding hydrogens is 311 g/mol. The number of benzene rings is 1. The van der Waals surface area contributed by atoms with E-state index in [9.17, 15) is 0 Å². The highest BCUT2D eigenvalue weighted by atomic mass is 35.5. The van der Waals surface area contributed by atoms with E-state index in [1.807, 2.05) is 31.3 Å². The van der Waals surface area contributed by atoms with Crippen LogP contribution in [0.3, 0.4) is 0 Å². The van der Waals surface area contributed by atoms with Gasteiger partial charge < -0.3 is 5.32 Å². The van der Waals surface area contributed by atoms with Crippen molar-refractivity contribution in [3.63, 3.8) is 0 Å². The highest BCUT2D eigenvalue weighted by Crippen LogP contribution is 2.27. The second-order valence-corrected chi connectivity index (χ2v) is 6.82. The highest BCUT2D eigenvalue weighted by molar-refractivity contribution is 7.11. The summed E-state index contributed by atoms with van der Waals surface area (Å²) in [5.74, 6) is 0. The lowest BCUT2D eigenvalue weighted by atomic mass is 10.0. The fourth-order valence-corrected chi connectivity index (χ4v) is 3.21. The van der Waals surface area contributed by atoms with Crippen LogP contribution in [-0.4, -0.2) is 11.5 Å². The second-order valence-electron chi connectivity index (χ2n) is 4.74. The minimum atomic E-state index is 0.276. The molecule has 1 heterocycles. The molecular formula is C15H18Cl2N2S. The van der Waals surface area contributed by atoms with Gasteiger partial charge in [-0.05, 0) is 44.0 Å². The summed E-state index contributed by atoms with van der Waals surface area (Å²) in [7, 11) is 0. The van der Waals surface area contributed by atoms with Gasteiger partial charge >= 0.3 is 0 Å². The lowest BCUT2D eigenvalue weighted by Crippen LogP contribution is -2.23. The standard InChI is InChI=1S/C15H18Cl2N2S/c1-3-6-18-14(15-9-19-10(2)20-15)8-11-4-5-12(16)13(17)7-11/h4-5,7,9,14,18H,3,6,8H2,1-2H3. The van der Waals surface area contributed by atoms with Crippen molar-refractivity contribution >= 4 is 34.5 Å². The Morgan fingerprint density at radius 1 is 1.30 bits per heavy atom. The van der Waals surface area contributed by atoms with Crippen LogP contribution in [0.25, 0.3) is 0 Å². The first-order valence-electron chi connectivity index (χ1n) is 6.69. The molecule has 0 saturated heterocycles. The van der Waals surface area contributed by atoms with Crippen LogP contribution in [0.4, 0.5) is 0 Å². The quantitative estimate of drug-likeness (QED) is 0.803. The first-order chi connectivity index (χ1) is 9.60. The van der Waals surface area contributed by atoms with Crippen LogP contribution < -0.4 is 5.32 Å². The molecule has 1 atom stereocenters. The summed E-state index contributed by atoms with van der Waals surface area (Å²) < 4.78 is 0. The fourth-order valence-electron chi connectivity index (χ4n) is 2.03. The van der Waals surface area contributed by atoms with Gasteiger partial charge in [-0.2, -0.15) is 0 Å². The molecule has 1 unspecified atom stereocenters. The predicted molar refractivity (Wildman–Crippen MR) is 88.1 cm³/mol. The lowest BCUT2D eigenvalue weighted by Gasteiger charge is -2.17. The van der Waals surface area contributed by atoms with Crippen molar-refractivity contribution in [1.29, 1.82) is 0 Å². The third-order valence-corrected chi connectivity index (χ3v) is 4.81. The molecule has 0 spiro atoms. The van der Waals surface area contributed by atoms with Crippen LogP contribution in [0.5, 0.6) is 0 Å². The largest absolute Gasteiger partial charge is 0.309 e. The van der Waals surface area contributed by atoms with Gasteiger partial charge in [0.2, 0.25) is 0 Å². The summed E-state index contributed by atoms with van der Waals surface area (Å²) in [5.41, 5.74) is 1.18. The molecule has 20 heavy (non-hydrogen) atoms. The number of nitrogens with one attached hydrogen (secondary N) is 1. The SMILES string of the molecule is CCCNC(Cc1ccc(Cl)c(Cl)c1)c1cnc(C)s1. The number of aromatic nitrogens is 1. The molecule has 0 radical (unpaired) electrons. The van der Waals surface area contributed by atoms with Crippen LogP contribution in [0.1, 0.15) is 34.8 Å². The molecule has 2 nitrogen and oxygen atoms in total. The summed E-state index contributed by atoms with van der Waals surface area (Å²) in [6.45, 7) is 5.19. The Balaban J connectivity index is 2.16. The van der Waals surface area contributed by atoms with Crippen molar-refractivity contribution in [3.05, 3.63) is 49.9 Å². The topological polar surface area (TPSA) is 24.9 Å². The monoisotopic (exact) mass is 328 g/mol. The minimum absolute atomic E-state index is 0.276. The minimum Gasteiger partial charge on any atom is -0.309 e. The lowest BCUT2D eigenvalue weighted by molar-refractivity contribution is 0.536. The van der Waals surface area contributed by atoms with Gasteiger partial charge in [0, 0.05) is 17.1 Å². The third kappa shape index (κ3) is 4.19. The summed E-state index contributed by atoms with van der Waals surface area (Å²) >= 11 is 13.8. The zero-order chi connectivity index (χ0) is 14.5. The van der Waals surface area contributed by atoms with Crippen LogP contribution in [0.2, 0.25) is 10.0 Å². The Hall–Kier alpha value is -0.610. The van der Waals surface area contributed by atoms with Gasteiger partial charge in [-0.25, -0.2) is 4.98 Å². The van der Waals surface area contributed by atoms with Gasteiger partial charge in [-0.15, -0.1) is 11.3 Å². The third-order valence-electron chi connectivity index (χ3n) is 3.05. The predicted octanol–water partition coefficient (Wildman–Crippen LogP) is 5.04. The Kier molecular flexibility index (Phi) is 5.85. The Morgan fingerprint density at radius 3 is 2.70 bits per heavy atom. The summed E-state index contributed by atoms with van der Waals surface area (Å²) in [6.07, 6.45) is 3.96. The highest BCUT2D eigenvalue weighted by Gasteiger charge is 2.14. The molecule has 2 aromatic rings. The zero-order valence-corrected chi connectivity index (χ0v) is 13.9. The van der Waals surface area contributed by atoms with Crippen molar-refractivity contribution in [2.24, 2.45) is 0 Å². The maximum Gasteiger partial charge on any atom is 0.0897 e. The summed E-state index contributed by atoms with van der Waals surface area (Å²) in [4.78, 5) is 5.62. The van der Waals surface area contributed by atoms with Gasteiger partial charge in [-0.1, -0.05) is 36.2 Å². The van der Waals surface area contributed by atoms with Crippen molar-refractivity contribution in [2.75, 3.05) is 6.54 Å². The van der Waals surface area contributed by atoms with E-state index in [1.54, 1.807) is 11.3 Å². The molecule has 0 amide bonds. The maximum absolute atomic E-state index is 6.09. The van der Waals surface area contributed by atoms with Crippen molar-refractivity contribution in [1.82, 2.24) is 10.3 Å². The number of hydrogen-bond acceptors (Lipinski definition) is 3. The van der Waals surface area contributed by atoms with Gasteiger partial charge in [0.05, 0.1) is 15.1 Å². The number of aryl methyl sites for hydroxylation is 1. The fraction of sp³-hybridized carbons (Fsp3) is 0.400. The Bertz CT molecular complexity index is 569. The normalized spacial score (nSPS) is 12.6. The van der Waals surface area contributed by atoms with Gasteiger partial charge in [0.1, 0.15) is 0 Å². The van der Waals surface area contributed by atoms with E-state index >= 15 is 0 Å². The molecule has 0 bridgehead atoms. The van der Waals surface area contributed by atoms with Crippen LogP contribution in [-0.2, 0) is 6.42 Å². The van der Waals surface area contributed by atoms with Crippen LogP contribution >= 0.6 is 34.5 Å². The Labute approximate surface area is 134 Å². The van der Waals surface area contributed by atoms with E-state index in [1.165, 1.54) is 10.4 Å². The molecule has 1 aromatic carbocycles. The average Bonchev–Trinajstić information content (AvgIpc) is 2.85. The first kappa shape index (κ1) is 15.8. The summed E-state index contributed by atoms with van der Waals surface area (Å²) in [5, 5.41) is 5.88. The van der Waals surface area contributed by atoms with E-state index in [4.69, 9.17) is 23.2 Å². The molecule has 5 heteroatoms. The molecule has 108 valence electrons. The number of thiazole rings is 1. The molecule has 0 saturated carbocycles. The van der Waals surface area contributed by atoms with Crippen molar-refractivity contribution in [3.8, 4) is 0 Å². The van der Waals surface area contributed by atoms with Crippen molar-refractivity contribution in [2.45, 2.75) is 32.7 Å². The molecule has 0 fully saturated rings. The van der Waals surface area contributed by atoms with E-state index in [-0.39, 0.29) is 6.04 Å². The summed E-state index contributed by atoms with van der Waals surface area (Å²) in [6, 6.07) is 6.10. The number of hydrogen-bond donors (Lipinski definition) is 1. The van der Waals surface area contributed by atoms with Gasteiger partial charge in [0.15, 0.2) is 0 Å². The maximum atomic E-state index is 6.09. The van der Waals surface area contributed by atoms with E-state index in [0.29, 0.717) is 10.0 Å². The Morgan fingerprint density at radius 2 is 2.10 bits per heavy atom. The number of rotatable bonds is 6. The smallest absolute Gasteiger partial charge is 0.0897 e. The van der Waals surface area contributed by atoms with E-state index in [0.717, 1.165) is 24.4 Å². The second kappa shape index (κ2) is 7.41. The number of halogens is 2. The molecule has 0 aliphatic heterocycles. The van der Waals surface area contributed by atoms with Gasteiger partial charge in [-0.3, -0.25) is 0 Å². The molecule has 1 aromatic heterocycles. The zero-order valence-electron chi connectivity index (χ0n) is 11.6. The molecule has 0 aliphatic rings. The van der Waals surface area contributed by atoms with Crippen molar-refractivity contribution < 1.29 is 0 Å². The average molecular weight is 329 g/mol. The molecule has 2 rings (SSSR count). The van der Waals surface area contributed by atoms with E-state index < -0.39 is 0 Å². The van der Waals surface area contributed by atoms with Crippen LogP contribution in [0, 0.1) is 6.92 Å². The first-order valence-corrected chi connectivity index (χ1v) is 8.27. The van der Waals surface area contributed by atoms with Gasteiger partial charge in [0.25, 0.3) is 0 Å². The molecule has 1 N–H and O–H groups in total.